The number of hydrogen-bond acceptors (Lipinski definition) is 5. The lowest BCUT2D eigenvalue weighted by molar-refractivity contribution is -0.137. The molecule has 1 fully saturated rings. The molecule has 6 nitrogen and oxygen atoms in total. The van der Waals surface area contributed by atoms with Crippen molar-refractivity contribution in [1.29, 1.82) is 0 Å². The van der Waals surface area contributed by atoms with Gasteiger partial charge in [-0.3, -0.25) is 4.79 Å². The molecule has 1 aliphatic heterocycles. The van der Waals surface area contributed by atoms with Crippen LogP contribution in [-0.4, -0.2) is 41.1 Å². The van der Waals surface area contributed by atoms with Gasteiger partial charge >= 0.3 is 0 Å². The van der Waals surface area contributed by atoms with E-state index in [-0.39, 0.29) is 12.0 Å². The summed E-state index contributed by atoms with van der Waals surface area (Å²) in [7, 11) is 0. The first-order valence-corrected chi connectivity index (χ1v) is 6.84. The maximum Gasteiger partial charge on any atom is 0.253 e. The molecule has 1 N–H and O–H groups in total. The van der Waals surface area contributed by atoms with Crippen LogP contribution in [0.15, 0.2) is 6.07 Å². The first-order chi connectivity index (χ1) is 9.41. The molecule has 0 bridgehead atoms. The summed E-state index contributed by atoms with van der Waals surface area (Å²) in [5.41, 5.74) is 2.02. The molecule has 6 heteroatoms. The summed E-state index contributed by atoms with van der Waals surface area (Å²) in [6.45, 7) is 8.40. The summed E-state index contributed by atoms with van der Waals surface area (Å²) in [4.78, 5) is 12.2. The molecule has 0 radical (unpaired) electrons. The SMILES string of the molecule is CCc1nnc(C)cc1C(=O)NCC1COC(C)(C)O1. The van der Waals surface area contributed by atoms with Crippen molar-refractivity contribution in [3.05, 3.63) is 23.0 Å². The molecule has 1 unspecified atom stereocenters. The largest absolute Gasteiger partial charge is 0.349 e. The summed E-state index contributed by atoms with van der Waals surface area (Å²) in [5.74, 6) is -0.716. The number of rotatable bonds is 4. The van der Waals surface area contributed by atoms with E-state index in [0.29, 0.717) is 30.8 Å². The van der Waals surface area contributed by atoms with Gasteiger partial charge in [0.05, 0.1) is 23.6 Å². The topological polar surface area (TPSA) is 73.3 Å². The van der Waals surface area contributed by atoms with Crippen LogP contribution in [0.2, 0.25) is 0 Å². The Hall–Kier alpha value is -1.53. The van der Waals surface area contributed by atoms with Crippen LogP contribution >= 0.6 is 0 Å². The average molecular weight is 279 g/mol. The second-order valence-corrected chi connectivity index (χ2v) is 5.36. The highest BCUT2D eigenvalue weighted by atomic mass is 16.7. The Bertz CT molecular complexity index is 502. The molecule has 20 heavy (non-hydrogen) atoms. The van der Waals surface area contributed by atoms with E-state index >= 15 is 0 Å². The standard InChI is InChI=1S/C14H21N3O3/c1-5-12-11(6-9(2)16-17-12)13(18)15-7-10-8-19-14(3,4)20-10/h6,10H,5,7-8H2,1-4H3,(H,15,18). The van der Waals surface area contributed by atoms with Gasteiger partial charge in [0.1, 0.15) is 6.10 Å². The minimum atomic E-state index is -0.571. The number of nitrogens with one attached hydrogen (secondary N) is 1. The van der Waals surface area contributed by atoms with Gasteiger partial charge in [-0.2, -0.15) is 10.2 Å². The van der Waals surface area contributed by atoms with Crippen molar-refractivity contribution >= 4 is 5.91 Å². The fourth-order valence-electron chi connectivity index (χ4n) is 2.14. The zero-order valence-electron chi connectivity index (χ0n) is 12.4. The molecule has 1 amide bonds. The van der Waals surface area contributed by atoms with Crippen LogP contribution in [0.5, 0.6) is 0 Å². The number of aryl methyl sites for hydroxylation is 2. The Balaban J connectivity index is 1.97. The van der Waals surface area contributed by atoms with E-state index in [1.807, 2.05) is 27.7 Å². The highest BCUT2D eigenvalue weighted by molar-refractivity contribution is 5.95. The highest BCUT2D eigenvalue weighted by Gasteiger charge is 2.32. The third-order valence-electron chi connectivity index (χ3n) is 3.13. The predicted octanol–water partition coefficient (Wildman–Crippen LogP) is 1.23. The average Bonchev–Trinajstić information content (AvgIpc) is 2.75. The highest BCUT2D eigenvalue weighted by Crippen LogP contribution is 2.21. The second-order valence-electron chi connectivity index (χ2n) is 5.36. The fourth-order valence-corrected chi connectivity index (χ4v) is 2.14. The van der Waals surface area contributed by atoms with Crippen LogP contribution < -0.4 is 5.32 Å². The second kappa shape index (κ2) is 5.85. The van der Waals surface area contributed by atoms with E-state index in [1.54, 1.807) is 6.07 Å². The molecule has 2 rings (SSSR count). The molecule has 1 aliphatic rings. The minimum absolute atomic E-state index is 0.116. The fraction of sp³-hybridized carbons (Fsp3) is 0.643. The van der Waals surface area contributed by atoms with Crippen LogP contribution in [-0.2, 0) is 15.9 Å². The van der Waals surface area contributed by atoms with Gasteiger partial charge in [-0.25, -0.2) is 0 Å². The van der Waals surface area contributed by atoms with E-state index < -0.39 is 5.79 Å². The Labute approximate surface area is 118 Å². The van der Waals surface area contributed by atoms with Gasteiger partial charge in [0, 0.05) is 6.54 Å². The molecule has 1 aromatic heterocycles. The predicted molar refractivity (Wildman–Crippen MR) is 73.4 cm³/mol. The van der Waals surface area contributed by atoms with Gasteiger partial charge in [0.2, 0.25) is 0 Å². The number of aromatic nitrogens is 2. The van der Waals surface area contributed by atoms with Crippen molar-refractivity contribution in [3.8, 4) is 0 Å². The first kappa shape index (κ1) is 14.9. The molecule has 0 spiro atoms. The maximum atomic E-state index is 12.2. The van der Waals surface area contributed by atoms with E-state index in [9.17, 15) is 4.79 Å². The summed E-state index contributed by atoms with van der Waals surface area (Å²) in [6, 6.07) is 1.76. The summed E-state index contributed by atoms with van der Waals surface area (Å²) < 4.78 is 11.1. The van der Waals surface area contributed by atoms with Crippen molar-refractivity contribution in [2.75, 3.05) is 13.2 Å². The zero-order valence-corrected chi connectivity index (χ0v) is 12.4. The number of nitrogens with zero attached hydrogens (tertiary/aromatic N) is 2. The van der Waals surface area contributed by atoms with Crippen molar-refractivity contribution in [3.63, 3.8) is 0 Å². The molecule has 0 aliphatic carbocycles. The molecule has 110 valence electrons. The number of carbonyl (C=O) groups is 1. The van der Waals surface area contributed by atoms with E-state index in [0.717, 1.165) is 5.69 Å². The van der Waals surface area contributed by atoms with E-state index in [2.05, 4.69) is 15.5 Å². The van der Waals surface area contributed by atoms with Crippen molar-refractivity contribution < 1.29 is 14.3 Å². The van der Waals surface area contributed by atoms with E-state index in [1.165, 1.54) is 0 Å². The number of ether oxygens (including phenoxy) is 2. The quantitative estimate of drug-likeness (QED) is 0.897. The van der Waals surface area contributed by atoms with Gasteiger partial charge in [0.25, 0.3) is 5.91 Å². The third kappa shape index (κ3) is 3.52. The Morgan fingerprint density at radius 3 is 2.85 bits per heavy atom. The van der Waals surface area contributed by atoms with Crippen LogP contribution in [0.1, 0.15) is 42.5 Å². The number of carbonyl (C=O) groups excluding carboxylic acids is 1. The Morgan fingerprint density at radius 1 is 1.50 bits per heavy atom. The molecular formula is C14H21N3O3. The van der Waals surface area contributed by atoms with Crippen LogP contribution in [0.3, 0.4) is 0 Å². The minimum Gasteiger partial charge on any atom is -0.349 e. The van der Waals surface area contributed by atoms with Gasteiger partial charge in [0.15, 0.2) is 5.79 Å². The van der Waals surface area contributed by atoms with E-state index in [4.69, 9.17) is 9.47 Å². The summed E-state index contributed by atoms with van der Waals surface area (Å²) in [6.07, 6.45) is 0.557. The molecule has 2 heterocycles. The van der Waals surface area contributed by atoms with Gasteiger partial charge in [-0.15, -0.1) is 0 Å². The lowest BCUT2D eigenvalue weighted by Gasteiger charge is -2.17. The van der Waals surface area contributed by atoms with Crippen LogP contribution in [0.4, 0.5) is 0 Å². The van der Waals surface area contributed by atoms with Crippen molar-refractivity contribution in [2.24, 2.45) is 0 Å². The summed E-state index contributed by atoms with van der Waals surface area (Å²) >= 11 is 0. The van der Waals surface area contributed by atoms with Gasteiger partial charge in [-0.1, -0.05) is 6.92 Å². The maximum absolute atomic E-state index is 12.2. The zero-order chi connectivity index (χ0) is 14.8. The molecular weight excluding hydrogens is 258 g/mol. The molecule has 1 saturated heterocycles. The first-order valence-electron chi connectivity index (χ1n) is 6.84. The molecule has 0 aromatic carbocycles. The summed E-state index contributed by atoms with van der Waals surface area (Å²) in [5, 5.41) is 10.9. The lowest BCUT2D eigenvalue weighted by Crippen LogP contribution is -2.35. The third-order valence-corrected chi connectivity index (χ3v) is 3.13. The van der Waals surface area contributed by atoms with Crippen LogP contribution in [0.25, 0.3) is 0 Å². The number of hydrogen-bond donors (Lipinski definition) is 1. The molecule has 1 atom stereocenters. The normalized spacial score (nSPS) is 20.9. The Kier molecular flexibility index (Phi) is 4.35. The van der Waals surface area contributed by atoms with Crippen LogP contribution in [0, 0.1) is 6.92 Å². The number of amides is 1. The van der Waals surface area contributed by atoms with Crippen molar-refractivity contribution in [1.82, 2.24) is 15.5 Å². The lowest BCUT2D eigenvalue weighted by atomic mass is 10.1. The smallest absolute Gasteiger partial charge is 0.253 e. The monoisotopic (exact) mass is 279 g/mol. The van der Waals surface area contributed by atoms with Crippen molar-refractivity contribution in [2.45, 2.75) is 46.0 Å². The molecule has 0 saturated carbocycles. The molecule has 1 aromatic rings. The van der Waals surface area contributed by atoms with Gasteiger partial charge in [-0.05, 0) is 33.3 Å². The Morgan fingerprint density at radius 2 is 2.25 bits per heavy atom. The van der Waals surface area contributed by atoms with Gasteiger partial charge < -0.3 is 14.8 Å².